The monoisotopic (exact) mass is 389 g/mol. The molecule has 1 heterocycles. The molecule has 1 fully saturated rings. The van der Waals surface area contributed by atoms with Gasteiger partial charge in [-0.3, -0.25) is 4.79 Å². The lowest BCUT2D eigenvalue weighted by molar-refractivity contribution is -0.138. The Morgan fingerprint density at radius 1 is 1.22 bits per heavy atom. The first-order valence-electron chi connectivity index (χ1n) is 8.84. The molecule has 0 spiro atoms. The second-order valence-corrected chi connectivity index (χ2v) is 8.73. The highest BCUT2D eigenvalue weighted by molar-refractivity contribution is 7.89. The van der Waals surface area contributed by atoms with Gasteiger partial charge in [0.05, 0.1) is 23.5 Å². The van der Waals surface area contributed by atoms with Gasteiger partial charge in [0.1, 0.15) is 0 Å². The minimum atomic E-state index is -3.59. The summed E-state index contributed by atoms with van der Waals surface area (Å²) in [5.74, 6) is -1.38. The number of epoxide rings is 1. The van der Waals surface area contributed by atoms with Crippen LogP contribution >= 0.6 is 0 Å². The zero-order valence-corrected chi connectivity index (χ0v) is 16.1. The molecular formula is C20H23NO5S. The summed E-state index contributed by atoms with van der Waals surface area (Å²) in [4.78, 5) is 11.5. The van der Waals surface area contributed by atoms with Crippen molar-refractivity contribution in [2.75, 3.05) is 20.2 Å². The van der Waals surface area contributed by atoms with Crippen molar-refractivity contribution in [3.05, 3.63) is 54.1 Å². The molecule has 6 nitrogen and oxygen atoms in total. The van der Waals surface area contributed by atoms with Gasteiger partial charge in [0.25, 0.3) is 0 Å². The third-order valence-corrected chi connectivity index (χ3v) is 6.58. The molecule has 1 aliphatic rings. The summed E-state index contributed by atoms with van der Waals surface area (Å²) in [5, 5.41) is 9.28. The van der Waals surface area contributed by atoms with Crippen LogP contribution in [-0.2, 0) is 19.6 Å². The number of aliphatic carboxylic acids is 1. The number of rotatable bonds is 8. The van der Waals surface area contributed by atoms with E-state index in [0.717, 1.165) is 16.7 Å². The van der Waals surface area contributed by atoms with Gasteiger partial charge in [-0.25, -0.2) is 8.42 Å². The minimum absolute atomic E-state index is 0.0127. The molecule has 1 aliphatic heterocycles. The third-order valence-electron chi connectivity index (χ3n) is 4.76. The maximum atomic E-state index is 12.7. The molecule has 2 atom stereocenters. The van der Waals surface area contributed by atoms with Crippen molar-refractivity contribution in [1.82, 2.24) is 4.31 Å². The number of likely N-dealkylation sites (N-methyl/N-ethyl adjacent to an activating group) is 1. The van der Waals surface area contributed by atoms with E-state index in [1.165, 1.54) is 4.31 Å². The lowest BCUT2D eigenvalue weighted by Gasteiger charge is -2.17. The van der Waals surface area contributed by atoms with Crippen LogP contribution in [0.1, 0.15) is 24.8 Å². The van der Waals surface area contributed by atoms with Crippen molar-refractivity contribution in [3.63, 3.8) is 0 Å². The quantitative estimate of drug-likeness (QED) is 0.702. The molecule has 0 aromatic heterocycles. The Labute approximate surface area is 159 Å². The summed E-state index contributed by atoms with van der Waals surface area (Å²) in [6, 6.07) is 14.0. The fourth-order valence-electron chi connectivity index (χ4n) is 3.04. The molecule has 1 saturated heterocycles. The van der Waals surface area contributed by atoms with Crippen LogP contribution in [0.15, 0.2) is 53.4 Å². The molecule has 27 heavy (non-hydrogen) atoms. The molecule has 144 valence electrons. The average molecular weight is 389 g/mol. The molecule has 7 heteroatoms. The highest BCUT2D eigenvalue weighted by Gasteiger charge is 2.30. The topological polar surface area (TPSA) is 87.2 Å². The molecule has 0 saturated carbocycles. The highest BCUT2D eigenvalue weighted by atomic mass is 32.2. The Morgan fingerprint density at radius 3 is 2.44 bits per heavy atom. The predicted molar refractivity (Wildman–Crippen MR) is 102 cm³/mol. The fourth-order valence-corrected chi connectivity index (χ4v) is 4.28. The molecular weight excluding hydrogens is 366 g/mol. The normalized spacial score (nSPS) is 17.7. The van der Waals surface area contributed by atoms with E-state index in [0.29, 0.717) is 19.6 Å². The SMILES string of the molecule is CCC(C(=O)O)c1ccc(-c2cccc(S(=O)(=O)N(C)CC3CO3)c2)cc1. The van der Waals surface area contributed by atoms with E-state index in [1.807, 2.05) is 25.1 Å². The number of hydrogen-bond acceptors (Lipinski definition) is 4. The fraction of sp³-hybridized carbons (Fsp3) is 0.350. The van der Waals surface area contributed by atoms with E-state index in [1.54, 1.807) is 37.4 Å². The summed E-state index contributed by atoms with van der Waals surface area (Å²) in [6.45, 7) is 2.78. The van der Waals surface area contributed by atoms with E-state index in [4.69, 9.17) is 4.74 Å². The summed E-state index contributed by atoms with van der Waals surface area (Å²) in [5.41, 5.74) is 2.34. The van der Waals surface area contributed by atoms with Crippen LogP contribution in [0.4, 0.5) is 0 Å². The first-order chi connectivity index (χ1) is 12.8. The first-order valence-corrected chi connectivity index (χ1v) is 10.3. The van der Waals surface area contributed by atoms with Crippen LogP contribution < -0.4 is 0 Å². The Bertz CT molecular complexity index is 920. The second-order valence-electron chi connectivity index (χ2n) is 6.69. The molecule has 0 amide bonds. The van der Waals surface area contributed by atoms with E-state index in [2.05, 4.69) is 0 Å². The average Bonchev–Trinajstić information content (AvgIpc) is 3.46. The van der Waals surface area contributed by atoms with Gasteiger partial charge in [-0.2, -0.15) is 4.31 Å². The maximum absolute atomic E-state index is 12.7. The standard InChI is InChI=1S/C20H23NO5S/c1-3-19(20(22)23)15-9-7-14(8-10-15)16-5-4-6-18(11-16)27(24,25)21(2)12-17-13-26-17/h4-11,17,19H,3,12-13H2,1-2H3,(H,22,23). The number of carboxylic acids is 1. The van der Waals surface area contributed by atoms with E-state index < -0.39 is 21.9 Å². The molecule has 2 aromatic rings. The second kappa shape index (κ2) is 7.80. The minimum Gasteiger partial charge on any atom is -0.481 e. The molecule has 2 aromatic carbocycles. The van der Waals surface area contributed by atoms with Crippen molar-refractivity contribution in [2.45, 2.75) is 30.3 Å². The van der Waals surface area contributed by atoms with Crippen LogP contribution in [0.5, 0.6) is 0 Å². The van der Waals surface area contributed by atoms with Crippen LogP contribution in [-0.4, -0.2) is 50.1 Å². The van der Waals surface area contributed by atoms with Crippen LogP contribution in [0.3, 0.4) is 0 Å². The predicted octanol–water partition coefficient (Wildman–Crippen LogP) is 2.95. The number of carboxylic acid groups (broad SMARTS) is 1. The van der Waals surface area contributed by atoms with Crippen LogP contribution in [0, 0.1) is 0 Å². The smallest absolute Gasteiger partial charge is 0.310 e. The number of benzene rings is 2. The number of hydrogen-bond donors (Lipinski definition) is 1. The summed E-state index contributed by atoms with van der Waals surface area (Å²) < 4.78 is 31.9. The van der Waals surface area contributed by atoms with Gasteiger partial charge >= 0.3 is 5.97 Å². The van der Waals surface area contributed by atoms with E-state index in [9.17, 15) is 18.3 Å². The van der Waals surface area contributed by atoms with Crippen molar-refractivity contribution >= 4 is 16.0 Å². The van der Waals surface area contributed by atoms with Gasteiger partial charge in [0, 0.05) is 13.6 Å². The number of ether oxygens (including phenoxy) is 1. The maximum Gasteiger partial charge on any atom is 0.310 e. The third kappa shape index (κ3) is 4.37. The molecule has 0 bridgehead atoms. The molecule has 0 aliphatic carbocycles. The lowest BCUT2D eigenvalue weighted by atomic mass is 9.94. The molecule has 3 rings (SSSR count). The Balaban J connectivity index is 1.86. The van der Waals surface area contributed by atoms with Gasteiger partial charge < -0.3 is 9.84 Å². The van der Waals surface area contributed by atoms with Crippen LogP contribution in [0.25, 0.3) is 11.1 Å². The zero-order valence-electron chi connectivity index (χ0n) is 15.3. The van der Waals surface area contributed by atoms with Gasteiger partial charge in [0.15, 0.2) is 0 Å². The Morgan fingerprint density at radius 2 is 1.89 bits per heavy atom. The number of carbonyl (C=O) groups is 1. The van der Waals surface area contributed by atoms with Gasteiger partial charge in [-0.1, -0.05) is 43.3 Å². The Hall–Kier alpha value is -2.22. The van der Waals surface area contributed by atoms with Gasteiger partial charge in [-0.15, -0.1) is 0 Å². The molecule has 0 radical (unpaired) electrons. The zero-order chi connectivity index (χ0) is 19.6. The van der Waals surface area contributed by atoms with Crippen molar-refractivity contribution in [3.8, 4) is 11.1 Å². The van der Waals surface area contributed by atoms with Crippen molar-refractivity contribution < 1.29 is 23.1 Å². The van der Waals surface area contributed by atoms with E-state index >= 15 is 0 Å². The van der Waals surface area contributed by atoms with Crippen molar-refractivity contribution in [1.29, 1.82) is 0 Å². The van der Waals surface area contributed by atoms with E-state index in [-0.39, 0.29) is 11.0 Å². The summed E-state index contributed by atoms with van der Waals surface area (Å²) in [7, 11) is -2.03. The molecule has 1 N–H and O–H groups in total. The number of sulfonamides is 1. The highest BCUT2D eigenvalue weighted by Crippen LogP contribution is 2.27. The Kier molecular flexibility index (Phi) is 5.64. The largest absolute Gasteiger partial charge is 0.481 e. The van der Waals surface area contributed by atoms with Gasteiger partial charge in [0.2, 0.25) is 10.0 Å². The summed E-state index contributed by atoms with van der Waals surface area (Å²) in [6.07, 6.45) is 0.501. The van der Waals surface area contributed by atoms with Gasteiger partial charge in [-0.05, 0) is 35.2 Å². The lowest BCUT2D eigenvalue weighted by Crippen LogP contribution is -2.30. The molecule has 2 unspecified atom stereocenters. The van der Waals surface area contributed by atoms with Crippen molar-refractivity contribution in [2.24, 2.45) is 0 Å². The first kappa shape index (κ1) is 19.5. The number of nitrogens with zero attached hydrogens (tertiary/aromatic N) is 1. The van der Waals surface area contributed by atoms with Crippen LogP contribution in [0.2, 0.25) is 0 Å². The summed E-state index contributed by atoms with van der Waals surface area (Å²) >= 11 is 0.